The minimum Gasteiger partial charge on any atom is -0.363 e. The van der Waals surface area contributed by atoms with Gasteiger partial charge in [-0.05, 0) is 37.1 Å². The van der Waals surface area contributed by atoms with Crippen molar-refractivity contribution in [3.8, 4) is 0 Å². The van der Waals surface area contributed by atoms with Crippen LogP contribution in [0.4, 0.5) is 5.69 Å². The van der Waals surface area contributed by atoms with E-state index < -0.39 is 0 Å². The lowest BCUT2D eigenvalue weighted by molar-refractivity contribution is 0.642. The van der Waals surface area contributed by atoms with E-state index >= 15 is 0 Å². The Morgan fingerprint density at radius 1 is 1.10 bits per heavy atom. The Morgan fingerprint density at radius 2 is 1.81 bits per heavy atom. The second-order valence-corrected chi connectivity index (χ2v) is 5.75. The highest BCUT2D eigenvalue weighted by Gasteiger charge is 2.22. The van der Waals surface area contributed by atoms with Gasteiger partial charge in [-0.1, -0.05) is 53.5 Å². The maximum atomic E-state index is 6.38. The quantitative estimate of drug-likeness (QED) is 0.854. The van der Waals surface area contributed by atoms with E-state index in [1.807, 2.05) is 24.3 Å². The first kappa shape index (κ1) is 16.2. The average Bonchev–Trinajstić information content (AvgIpc) is 2.49. The van der Waals surface area contributed by atoms with E-state index in [1.165, 1.54) is 11.3 Å². The zero-order chi connectivity index (χ0) is 15.4. The Labute approximate surface area is 136 Å². The van der Waals surface area contributed by atoms with Crippen molar-refractivity contribution >= 4 is 28.9 Å². The van der Waals surface area contributed by atoms with E-state index in [9.17, 15) is 0 Å². The highest BCUT2D eigenvalue weighted by molar-refractivity contribution is 6.42. The molecule has 0 aliphatic rings. The number of para-hydroxylation sites is 1. The number of nitrogens with zero attached hydrogens (tertiary/aromatic N) is 1. The molecule has 0 aromatic heterocycles. The van der Waals surface area contributed by atoms with Gasteiger partial charge in [0.15, 0.2) is 0 Å². The molecule has 4 heteroatoms. The summed E-state index contributed by atoms with van der Waals surface area (Å²) >= 11 is 12.5. The lowest BCUT2D eigenvalue weighted by Crippen LogP contribution is -2.34. The summed E-state index contributed by atoms with van der Waals surface area (Å²) in [5.74, 6) is 0. The summed E-state index contributed by atoms with van der Waals surface area (Å²) in [5, 5.41) is 1.15. The van der Waals surface area contributed by atoms with Gasteiger partial charge in [-0.2, -0.15) is 0 Å². The van der Waals surface area contributed by atoms with Gasteiger partial charge in [0.2, 0.25) is 0 Å². The van der Waals surface area contributed by atoms with Crippen molar-refractivity contribution in [1.82, 2.24) is 0 Å². The fraction of sp³-hybridized carbons (Fsp3) is 0.294. The molecule has 2 rings (SSSR count). The molecule has 2 nitrogen and oxygen atoms in total. The summed E-state index contributed by atoms with van der Waals surface area (Å²) in [7, 11) is 0. The number of halogens is 2. The Hall–Kier alpha value is -1.22. The molecule has 0 spiro atoms. The molecule has 0 aliphatic heterocycles. The van der Waals surface area contributed by atoms with E-state index in [1.54, 1.807) is 6.07 Å². The molecule has 0 amide bonds. The maximum Gasteiger partial charge on any atom is 0.0679 e. The van der Waals surface area contributed by atoms with Crippen LogP contribution >= 0.6 is 23.2 Å². The molecule has 2 aromatic rings. The predicted molar refractivity (Wildman–Crippen MR) is 92.5 cm³/mol. The number of rotatable bonds is 5. The molecule has 0 saturated heterocycles. The lowest BCUT2D eigenvalue weighted by Gasteiger charge is -2.34. The van der Waals surface area contributed by atoms with Gasteiger partial charge in [-0.25, -0.2) is 0 Å². The minimum atomic E-state index is 0.00213. The molecule has 0 radical (unpaired) electrons. The molecule has 0 heterocycles. The van der Waals surface area contributed by atoms with Crippen LogP contribution in [-0.2, 0) is 0 Å². The monoisotopic (exact) mass is 322 g/mol. The fourth-order valence-corrected chi connectivity index (χ4v) is 3.08. The highest BCUT2D eigenvalue weighted by atomic mass is 35.5. The summed E-state index contributed by atoms with van der Waals surface area (Å²) in [4.78, 5) is 2.27. The molecule has 2 aromatic carbocycles. The third kappa shape index (κ3) is 3.34. The van der Waals surface area contributed by atoms with Gasteiger partial charge in [0.1, 0.15) is 0 Å². The van der Waals surface area contributed by atoms with Crippen molar-refractivity contribution in [3.05, 3.63) is 63.6 Å². The van der Waals surface area contributed by atoms with Crippen LogP contribution < -0.4 is 10.6 Å². The average molecular weight is 323 g/mol. The lowest BCUT2D eigenvalue weighted by atomic mass is 10.0. The number of nitrogens with two attached hydrogens (primary N) is 1. The first-order chi connectivity index (χ1) is 10.1. The van der Waals surface area contributed by atoms with Crippen LogP contribution in [0.2, 0.25) is 10.0 Å². The van der Waals surface area contributed by atoms with Crippen LogP contribution in [0.3, 0.4) is 0 Å². The zero-order valence-corrected chi connectivity index (χ0v) is 13.8. The van der Waals surface area contributed by atoms with Gasteiger partial charge in [0.25, 0.3) is 0 Å². The van der Waals surface area contributed by atoms with Crippen LogP contribution in [0.1, 0.15) is 24.1 Å². The largest absolute Gasteiger partial charge is 0.363 e. The number of benzene rings is 2. The van der Waals surface area contributed by atoms with Gasteiger partial charge in [0.05, 0.1) is 16.1 Å². The van der Waals surface area contributed by atoms with E-state index in [4.69, 9.17) is 28.9 Å². The van der Waals surface area contributed by atoms with Crippen LogP contribution in [0.15, 0.2) is 42.5 Å². The summed E-state index contributed by atoms with van der Waals surface area (Å²) in [6.07, 6.45) is 0. The van der Waals surface area contributed by atoms with Crippen molar-refractivity contribution in [1.29, 1.82) is 0 Å². The van der Waals surface area contributed by atoms with Crippen molar-refractivity contribution in [2.24, 2.45) is 5.73 Å². The molecule has 0 saturated carbocycles. The van der Waals surface area contributed by atoms with Crippen LogP contribution in [0.5, 0.6) is 0 Å². The standard InChI is InChI=1S/C17H20Cl2N2/c1-3-21(15-10-5-4-7-12(15)2)16(11-20)13-8-6-9-14(18)17(13)19/h4-10,16H,3,11,20H2,1-2H3. The van der Waals surface area contributed by atoms with Gasteiger partial charge in [0, 0.05) is 18.8 Å². The molecule has 21 heavy (non-hydrogen) atoms. The molecular formula is C17H20Cl2N2. The van der Waals surface area contributed by atoms with Gasteiger partial charge >= 0.3 is 0 Å². The summed E-state index contributed by atoms with van der Waals surface area (Å²) in [6.45, 7) is 5.54. The van der Waals surface area contributed by atoms with Crippen LogP contribution in [0, 0.1) is 6.92 Å². The molecule has 1 atom stereocenters. The fourth-order valence-electron chi connectivity index (χ4n) is 2.64. The van der Waals surface area contributed by atoms with Gasteiger partial charge in [-0.3, -0.25) is 0 Å². The number of likely N-dealkylation sites (N-methyl/N-ethyl adjacent to an activating group) is 1. The van der Waals surface area contributed by atoms with Crippen LogP contribution in [-0.4, -0.2) is 13.1 Å². The molecular weight excluding hydrogens is 303 g/mol. The Bertz CT molecular complexity index is 613. The molecule has 0 aliphatic carbocycles. The normalized spacial score (nSPS) is 12.2. The van der Waals surface area contributed by atoms with Crippen molar-refractivity contribution < 1.29 is 0 Å². The smallest absolute Gasteiger partial charge is 0.0679 e. The second kappa shape index (κ2) is 7.17. The summed E-state index contributed by atoms with van der Waals surface area (Å²) in [6, 6.07) is 14.0. The first-order valence-electron chi connectivity index (χ1n) is 7.06. The molecule has 112 valence electrons. The van der Waals surface area contributed by atoms with E-state index in [0.29, 0.717) is 16.6 Å². The Kier molecular flexibility index (Phi) is 5.51. The maximum absolute atomic E-state index is 6.38. The van der Waals surface area contributed by atoms with E-state index in [0.717, 1.165) is 12.1 Å². The predicted octanol–water partition coefficient (Wildman–Crippen LogP) is 4.83. The van der Waals surface area contributed by atoms with Gasteiger partial charge in [-0.15, -0.1) is 0 Å². The molecule has 1 unspecified atom stereocenters. The van der Waals surface area contributed by atoms with Crippen LogP contribution in [0.25, 0.3) is 0 Å². The van der Waals surface area contributed by atoms with Crippen molar-refractivity contribution in [2.75, 3.05) is 18.0 Å². The number of hydrogen-bond donors (Lipinski definition) is 1. The summed E-state index contributed by atoms with van der Waals surface area (Å²) < 4.78 is 0. The zero-order valence-electron chi connectivity index (χ0n) is 12.3. The molecule has 0 bridgehead atoms. The topological polar surface area (TPSA) is 29.3 Å². The Morgan fingerprint density at radius 3 is 2.43 bits per heavy atom. The first-order valence-corrected chi connectivity index (χ1v) is 7.82. The third-order valence-electron chi connectivity index (χ3n) is 3.71. The Balaban J connectivity index is 2.48. The molecule has 2 N–H and O–H groups in total. The van der Waals surface area contributed by atoms with Gasteiger partial charge < -0.3 is 10.6 Å². The number of aryl methyl sites for hydroxylation is 1. The van der Waals surface area contributed by atoms with Crippen molar-refractivity contribution in [3.63, 3.8) is 0 Å². The SMILES string of the molecule is CCN(c1ccccc1C)C(CN)c1cccc(Cl)c1Cl. The summed E-state index contributed by atoms with van der Waals surface area (Å²) in [5.41, 5.74) is 9.40. The van der Waals surface area contributed by atoms with Crippen molar-refractivity contribution in [2.45, 2.75) is 19.9 Å². The molecule has 0 fully saturated rings. The van der Waals surface area contributed by atoms with E-state index in [-0.39, 0.29) is 6.04 Å². The number of anilines is 1. The number of hydrogen-bond acceptors (Lipinski definition) is 2. The third-order valence-corrected chi connectivity index (χ3v) is 4.54. The minimum absolute atomic E-state index is 0.00213. The second-order valence-electron chi connectivity index (χ2n) is 4.97. The highest BCUT2D eigenvalue weighted by Crippen LogP contribution is 2.35. The van der Waals surface area contributed by atoms with E-state index in [2.05, 4.69) is 30.9 Å².